The molecule has 6 heteroatoms. The van der Waals surface area contributed by atoms with Crippen molar-refractivity contribution < 1.29 is 19.4 Å². The van der Waals surface area contributed by atoms with E-state index in [4.69, 9.17) is 9.47 Å². The van der Waals surface area contributed by atoms with Crippen molar-refractivity contribution in [2.24, 2.45) is 0 Å². The molecule has 134 valence electrons. The van der Waals surface area contributed by atoms with Crippen LogP contribution in [-0.4, -0.2) is 59.4 Å². The lowest BCUT2D eigenvalue weighted by atomic mass is 9.79. The number of ether oxygens (including phenoxy) is 2. The van der Waals surface area contributed by atoms with Gasteiger partial charge >= 0.3 is 0 Å². The van der Waals surface area contributed by atoms with Crippen molar-refractivity contribution in [2.75, 3.05) is 20.8 Å². The first kappa shape index (κ1) is 16.4. The average molecular weight is 344 g/mol. The van der Waals surface area contributed by atoms with E-state index in [-0.39, 0.29) is 23.7 Å². The van der Waals surface area contributed by atoms with Gasteiger partial charge in [-0.15, -0.1) is 0 Å². The number of carbonyl (C=O) groups excluding carboxylic acids is 1. The number of fused-ring (bicyclic) bond motifs is 2. The summed E-state index contributed by atoms with van der Waals surface area (Å²) in [6, 6.07) is 7.49. The van der Waals surface area contributed by atoms with Gasteiger partial charge in [0.25, 0.3) is 5.91 Å². The number of aliphatic hydroxyl groups is 1. The second-order valence-corrected chi connectivity index (χ2v) is 7.10. The van der Waals surface area contributed by atoms with Gasteiger partial charge in [0.2, 0.25) is 0 Å². The van der Waals surface area contributed by atoms with Crippen LogP contribution < -0.4 is 4.74 Å². The summed E-state index contributed by atoms with van der Waals surface area (Å²) in [5.41, 5.74) is 1.16. The first-order valence-corrected chi connectivity index (χ1v) is 8.77. The van der Waals surface area contributed by atoms with E-state index in [1.807, 2.05) is 29.2 Å². The van der Waals surface area contributed by atoms with Crippen LogP contribution in [0.25, 0.3) is 10.9 Å². The Kier molecular flexibility index (Phi) is 3.96. The number of likely N-dealkylation sites (tertiary alicyclic amines) is 1. The van der Waals surface area contributed by atoms with E-state index in [2.05, 4.69) is 4.98 Å². The minimum atomic E-state index is -0.367. The van der Waals surface area contributed by atoms with Gasteiger partial charge in [-0.3, -0.25) is 4.79 Å². The van der Waals surface area contributed by atoms with E-state index in [1.165, 1.54) is 0 Å². The zero-order valence-electron chi connectivity index (χ0n) is 14.6. The molecular formula is C19H24N2O4. The number of amides is 1. The van der Waals surface area contributed by atoms with Gasteiger partial charge in [-0.05, 0) is 49.9 Å². The van der Waals surface area contributed by atoms with Crippen molar-refractivity contribution in [1.82, 2.24) is 9.88 Å². The molecule has 1 saturated heterocycles. The Morgan fingerprint density at radius 1 is 1.32 bits per heavy atom. The molecular weight excluding hydrogens is 320 g/mol. The summed E-state index contributed by atoms with van der Waals surface area (Å²) < 4.78 is 11.1. The van der Waals surface area contributed by atoms with E-state index in [0.29, 0.717) is 18.7 Å². The van der Waals surface area contributed by atoms with E-state index in [1.54, 1.807) is 14.2 Å². The van der Waals surface area contributed by atoms with E-state index >= 15 is 0 Å². The van der Waals surface area contributed by atoms with Crippen LogP contribution in [0.1, 0.15) is 36.2 Å². The normalized spacial score (nSPS) is 29.0. The van der Waals surface area contributed by atoms with Crippen LogP contribution in [0, 0.1) is 0 Å². The Morgan fingerprint density at radius 3 is 2.92 bits per heavy atom. The highest BCUT2D eigenvalue weighted by molar-refractivity contribution is 5.98. The standard InChI is InChI=1S/C19H24N2O4/c1-24-14-3-4-15-12(9-14)10-16(20-15)18(23)21-8-7-19(25-2)6-5-13(22)11-17(19)21/h3-4,9-10,13,17,20,22H,5-8,11H2,1-2H3/t13-,17-,19+/m0/s1. The van der Waals surface area contributed by atoms with Gasteiger partial charge in [0.05, 0.1) is 24.9 Å². The molecule has 1 saturated carbocycles. The summed E-state index contributed by atoms with van der Waals surface area (Å²) >= 11 is 0. The second kappa shape index (κ2) is 6.04. The molecule has 2 heterocycles. The molecule has 25 heavy (non-hydrogen) atoms. The van der Waals surface area contributed by atoms with Gasteiger partial charge in [-0.1, -0.05) is 0 Å². The third-order valence-corrected chi connectivity index (χ3v) is 5.88. The first-order valence-electron chi connectivity index (χ1n) is 8.77. The number of benzene rings is 1. The Balaban J connectivity index is 1.64. The van der Waals surface area contributed by atoms with Gasteiger partial charge in [0.1, 0.15) is 11.4 Å². The molecule has 2 N–H and O–H groups in total. The number of methoxy groups -OCH3 is 2. The SMILES string of the molecule is COc1ccc2[nH]c(C(=O)N3CC[C@]4(OC)CC[C@H](O)C[C@H]34)cc2c1. The van der Waals surface area contributed by atoms with E-state index in [9.17, 15) is 9.90 Å². The molecule has 1 aliphatic carbocycles. The maximum atomic E-state index is 13.1. The van der Waals surface area contributed by atoms with Gasteiger partial charge in [0.15, 0.2) is 0 Å². The second-order valence-electron chi connectivity index (χ2n) is 7.10. The fourth-order valence-electron chi connectivity index (χ4n) is 4.43. The van der Waals surface area contributed by atoms with Crippen molar-refractivity contribution in [1.29, 1.82) is 0 Å². The smallest absolute Gasteiger partial charge is 0.270 e. The van der Waals surface area contributed by atoms with Crippen molar-refractivity contribution in [2.45, 2.75) is 43.4 Å². The molecule has 1 aromatic heterocycles. The number of H-pyrrole nitrogens is 1. The van der Waals surface area contributed by atoms with Crippen LogP contribution >= 0.6 is 0 Å². The fraction of sp³-hybridized carbons (Fsp3) is 0.526. The van der Waals surface area contributed by atoms with Crippen molar-refractivity contribution >= 4 is 16.8 Å². The number of hydrogen-bond donors (Lipinski definition) is 2. The summed E-state index contributed by atoms with van der Waals surface area (Å²) in [4.78, 5) is 18.2. The van der Waals surface area contributed by atoms with Gasteiger partial charge in [-0.2, -0.15) is 0 Å². The van der Waals surface area contributed by atoms with Crippen LogP contribution in [0.15, 0.2) is 24.3 Å². The van der Waals surface area contributed by atoms with Crippen LogP contribution in [0.2, 0.25) is 0 Å². The summed E-state index contributed by atoms with van der Waals surface area (Å²) in [6.07, 6.45) is 2.56. The number of aliphatic hydroxyl groups excluding tert-OH is 1. The molecule has 2 aliphatic rings. The summed E-state index contributed by atoms with van der Waals surface area (Å²) in [7, 11) is 3.34. The summed E-state index contributed by atoms with van der Waals surface area (Å²) in [5, 5.41) is 11.0. The van der Waals surface area contributed by atoms with Gasteiger partial charge < -0.3 is 24.5 Å². The van der Waals surface area contributed by atoms with Crippen LogP contribution in [0.3, 0.4) is 0 Å². The molecule has 0 spiro atoms. The average Bonchev–Trinajstić information content (AvgIpc) is 3.22. The maximum Gasteiger partial charge on any atom is 0.270 e. The van der Waals surface area contributed by atoms with Crippen molar-refractivity contribution in [3.8, 4) is 5.75 Å². The fourth-order valence-corrected chi connectivity index (χ4v) is 4.43. The van der Waals surface area contributed by atoms with Crippen LogP contribution in [0.4, 0.5) is 0 Å². The molecule has 6 nitrogen and oxygen atoms in total. The minimum absolute atomic E-state index is 0.0341. The number of nitrogens with zero attached hydrogens (tertiary/aromatic N) is 1. The largest absolute Gasteiger partial charge is 0.497 e. The molecule has 1 aromatic carbocycles. The highest BCUT2D eigenvalue weighted by Gasteiger charge is 2.52. The Hall–Kier alpha value is -2.05. The molecule has 0 bridgehead atoms. The number of aromatic amines is 1. The van der Waals surface area contributed by atoms with Gasteiger partial charge in [0, 0.05) is 24.6 Å². The first-order chi connectivity index (χ1) is 12.1. The molecule has 2 aromatic rings. The monoisotopic (exact) mass is 344 g/mol. The Labute approximate surface area is 146 Å². The molecule has 1 amide bonds. The van der Waals surface area contributed by atoms with Crippen molar-refractivity contribution in [3.63, 3.8) is 0 Å². The molecule has 4 rings (SSSR count). The van der Waals surface area contributed by atoms with Crippen LogP contribution in [-0.2, 0) is 4.74 Å². The number of carbonyl (C=O) groups is 1. The molecule has 0 unspecified atom stereocenters. The lowest BCUT2D eigenvalue weighted by molar-refractivity contribution is -0.0824. The molecule has 0 radical (unpaired) electrons. The predicted molar refractivity (Wildman–Crippen MR) is 93.9 cm³/mol. The highest BCUT2D eigenvalue weighted by Crippen LogP contribution is 2.43. The zero-order valence-corrected chi connectivity index (χ0v) is 14.6. The lowest BCUT2D eigenvalue weighted by Gasteiger charge is -2.42. The summed E-state index contributed by atoms with van der Waals surface area (Å²) in [6.45, 7) is 0.656. The number of hydrogen-bond acceptors (Lipinski definition) is 4. The zero-order chi connectivity index (χ0) is 17.6. The predicted octanol–water partition coefficient (Wildman–Crippen LogP) is 2.32. The van der Waals surface area contributed by atoms with Gasteiger partial charge in [-0.25, -0.2) is 0 Å². The quantitative estimate of drug-likeness (QED) is 0.896. The topological polar surface area (TPSA) is 74.8 Å². The third-order valence-electron chi connectivity index (χ3n) is 5.88. The Morgan fingerprint density at radius 2 is 2.16 bits per heavy atom. The van der Waals surface area contributed by atoms with E-state index < -0.39 is 0 Å². The highest BCUT2D eigenvalue weighted by atomic mass is 16.5. The Bertz CT molecular complexity index is 802. The molecule has 2 fully saturated rings. The van der Waals surface area contributed by atoms with E-state index in [0.717, 1.165) is 35.9 Å². The molecule has 1 aliphatic heterocycles. The third kappa shape index (κ3) is 2.60. The lowest BCUT2D eigenvalue weighted by Crippen LogP contribution is -2.52. The maximum absolute atomic E-state index is 13.1. The van der Waals surface area contributed by atoms with Crippen molar-refractivity contribution in [3.05, 3.63) is 30.0 Å². The number of nitrogens with one attached hydrogen (secondary N) is 1. The minimum Gasteiger partial charge on any atom is -0.497 e. The molecule has 3 atom stereocenters. The summed E-state index contributed by atoms with van der Waals surface area (Å²) in [5.74, 6) is 0.730. The number of aromatic nitrogens is 1. The number of rotatable bonds is 3. The van der Waals surface area contributed by atoms with Crippen LogP contribution in [0.5, 0.6) is 5.75 Å².